The Morgan fingerprint density at radius 1 is 1.00 bits per heavy atom. The summed E-state index contributed by atoms with van der Waals surface area (Å²) in [7, 11) is 1.65. The van der Waals surface area contributed by atoms with Crippen molar-refractivity contribution in [2.75, 3.05) is 12.4 Å². The number of carbonyl (C=O) groups excluding carboxylic acids is 1. The number of hydrogen-bond acceptors (Lipinski definition) is 3. The van der Waals surface area contributed by atoms with Crippen LogP contribution < -0.4 is 10.1 Å². The van der Waals surface area contributed by atoms with E-state index in [1.807, 2.05) is 61.5 Å². The second-order valence-corrected chi connectivity index (χ2v) is 6.95. The smallest absolute Gasteiger partial charge is 0.255 e. The Bertz CT molecular complexity index is 894. The number of benzene rings is 3. The average molecular weight is 363 g/mol. The third-order valence-electron chi connectivity index (χ3n) is 4.07. The highest BCUT2D eigenvalue weighted by atomic mass is 32.2. The summed E-state index contributed by atoms with van der Waals surface area (Å²) < 4.78 is 5.46. The predicted molar refractivity (Wildman–Crippen MR) is 108 cm³/mol. The molecule has 4 heteroatoms. The Morgan fingerprint density at radius 2 is 1.73 bits per heavy atom. The number of nitrogens with one attached hydrogen (secondary N) is 1. The third-order valence-corrected chi connectivity index (χ3v) is 5.13. The Kier molecular flexibility index (Phi) is 5.97. The highest BCUT2D eigenvalue weighted by Crippen LogP contribution is 2.29. The molecule has 0 saturated heterocycles. The Hall–Kier alpha value is -2.72. The van der Waals surface area contributed by atoms with E-state index in [-0.39, 0.29) is 5.91 Å². The van der Waals surface area contributed by atoms with E-state index in [0.29, 0.717) is 5.56 Å². The van der Waals surface area contributed by atoms with Crippen molar-refractivity contribution in [1.29, 1.82) is 0 Å². The molecule has 3 aromatic carbocycles. The summed E-state index contributed by atoms with van der Waals surface area (Å²) in [4.78, 5) is 13.8. The van der Waals surface area contributed by atoms with E-state index in [2.05, 4.69) is 17.4 Å². The van der Waals surface area contributed by atoms with Crippen LogP contribution in [0.15, 0.2) is 77.7 Å². The number of ether oxygens (including phenoxy) is 1. The van der Waals surface area contributed by atoms with Gasteiger partial charge >= 0.3 is 0 Å². The minimum Gasteiger partial charge on any atom is -0.496 e. The number of amides is 1. The summed E-state index contributed by atoms with van der Waals surface area (Å²) in [6.07, 6.45) is 0. The van der Waals surface area contributed by atoms with Gasteiger partial charge < -0.3 is 10.1 Å². The Balaban J connectivity index is 1.78. The molecule has 0 heterocycles. The van der Waals surface area contributed by atoms with Crippen molar-refractivity contribution in [2.24, 2.45) is 0 Å². The summed E-state index contributed by atoms with van der Waals surface area (Å²) in [6, 6.07) is 23.5. The zero-order valence-corrected chi connectivity index (χ0v) is 15.7. The molecule has 0 bridgehead atoms. The number of methoxy groups -OCH3 is 1. The fraction of sp³-hybridized carbons (Fsp3) is 0.136. The number of aryl methyl sites for hydroxylation is 1. The van der Waals surface area contributed by atoms with E-state index < -0.39 is 0 Å². The summed E-state index contributed by atoms with van der Waals surface area (Å²) >= 11 is 1.72. The maximum absolute atomic E-state index is 12.6. The quantitative estimate of drug-likeness (QED) is 0.584. The molecule has 0 aliphatic rings. The van der Waals surface area contributed by atoms with Gasteiger partial charge in [-0.3, -0.25) is 4.79 Å². The molecule has 132 valence electrons. The second kappa shape index (κ2) is 8.59. The normalized spacial score (nSPS) is 10.4. The van der Waals surface area contributed by atoms with Crippen LogP contribution in [0.25, 0.3) is 0 Å². The van der Waals surface area contributed by atoms with Crippen LogP contribution in [0.1, 0.15) is 21.5 Å². The molecule has 0 radical (unpaired) electrons. The van der Waals surface area contributed by atoms with Gasteiger partial charge in [0.1, 0.15) is 5.75 Å². The molecule has 0 aromatic heterocycles. The van der Waals surface area contributed by atoms with Gasteiger partial charge in [0.15, 0.2) is 0 Å². The number of thioether (sulfide) groups is 1. The lowest BCUT2D eigenvalue weighted by Gasteiger charge is -2.12. The lowest BCUT2D eigenvalue weighted by atomic mass is 10.1. The lowest BCUT2D eigenvalue weighted by Crippen LogP contribution is -2.13. The van der Waals surface area contributed by atoms with E-state index in [1.54, 1.807) is 24.9 Å². The average Bonchev–Trinajstić information content (AvgIpc) is 2.68. The minimum atomic E-state index is -0.118. The van der Waals surface area contributed by atoms with Gasteiger partial charge in [-0.1, -0.05) is 36.4 Å². The van der Waals surface area contributed by atoms with Crippen molar-refractivity contribution in [1.82, 2.24) is 0 Å². The maximum Gasteiger partial charge on any atom is 0.255 e. The minimum absolute atomic E-state index is 0.118. The van der Waals surface area contributed by atoms with Crippen molar-refractivity contribution in [3.8, 4) is 5.75 Å². The van der Waals surface area contributed by atoms with Gasteiger partial charge in [-0.2, -0.15) is 0 Å². The number of carbonyl (C=O) groups is 1. The zero-order chi connectivity index (χ0) is 18.4. The third kappa shape index (κ3) is 4.46. The number of anilines is 1. The molecule has 0 fully saturated rings. The molecule has 1 amide bonds. The first-order valence-corrected chi connectivity index (χ1v) is 9.37. The van der Waals surface area contributed by atoms with Gasteiger partial charge in [0.2, 0.25) is 0 Å². The van der Waals surface area contributed by atoms with Gasteiger partial charge in [-0.25, -0.2) is 0 Å². The molecule has 0 aliphatic carbocycles. The van der Waals surface area contributed by atoms with E-state index in [0.717, 1.165) is 28.3 Å². The van der Waals surface area contributed by atoms with Crippen molar-refractivity contribution in [3.63, 3.8) is 0 Å². The van der Waals surface area contributed by atoms with E-state index in [1.165, 1.54) is 4.90 Å². The number of rotatable bonds is 6. The zero-order valence-electron chi connectivity index (χ0n) is 14.9. The molecule has 0 unspecified atom stereocenters. The van der Waals surface area contributed by atoms with Crippen LogP contribution in [0.4, 0.5) is 5.69 Å². The topological polar surface area (TPSA) is 38.3 Å². The number of hydrogen-bond donors (Lipinski definition) is 1. The van der Waals surface area contributed by atoms with E-state index >= 15 is 0 Å². The van der Waals surface area contributed by atoms with Crippen LogP contribution in [-0.4, -0.2) is 13.0 Å². The van der Waals surface area contributed by atoms with Gasteiger partial charge in [-0.15, -0.1) is 11.8 Å². The summed E-state index contributed by atoms with van der Waals surface area (Å²) in [5.74, 6) is 1.41. The molecular formula is C22H21NO2S. The van der Waals surface area contributed by atoms with Crippen LogP contribution in [0.3, 0.4) is 0 Å². The van der Waals surface area contributed by atoms with Crippen LogP contribution in [0.5, 0.6) is 5.75 Å². The monoisotopic (exact) mass is 363 g/mol. The molecular weight excluding hydrogens is 342 g/mol. The first kappa shape index (κ1) is 18.1. The molecule has 3 aromatic rings. The first-order chi connectivity index (χ1) is 12.7. The van der Waals surface area contributed by atoms with Gasteiger partial charge in [0.25, 0.3) is 5.91 Å². The van der Waals surface area contributed by atoms with Gasteiger partial charge in [0, 0.05) is 27.5 Å². The van der Waals surface area contributed by atoms with Crippen LogP contribution in [-0.2, 0) is 5.75 Å². The predicted octanol–water partition coefficient (Wildman–Crippen LogP) is 5.55. The highest BCUT2D eigenvalue weighted by molar-refractivity contribution is 7.98. The van der Waals surface area contributed by atoms with Crippen molar-refractivity contribution >= 4 is 23.4 Å². The largest absolute Gasteiger partial charge is 0.496 e. The molecule has 0 saturated carbocycles. The molecule has 26 heavy (non-hydrogen) atoms. The van der Waals surface area contributed by atoms with Gasteiger partial charge in [-0.05, 0) is 48.9 Å². The SMILES string of the molecule is COc1ccc(C(=O)Nc2ccccc2C)cc1CSc1ccccc1. The summed E-state index contributed by atoms with van der Waals surface area (Å²) in [6.45, 7) is 1.98. The standard InChI is InChI=1S/C22H21NO2S/c1-16-8-6-7-11-20(16)23-22(24)17-12-13-21(25-2)18(14-17)15-26-19-9-4-3-5-10-19/h3-14H,15H2,1-2H3,(H,23,24). The maximum atomic E-state index is 12.6. The lowest BCUT2D eigenvalue weighted by molar-refractivity contribution is 0.102. The molecule has 0 aliphatic heterocycles. The van der Waals surface area contributed by atoms with E-state index in [4.69, 9.17) is 4.74 Å². The Morgan fingerprint density at radius 3 is 2.46 bits per heavy atom. The highest BCUT2D eigenvalue weighted by Gasteiger charge is 2.12. The Labute approximate surface area is 158 Å². The molecule has 3 nitrogen and oxygen atoms in total. The summed E-state index contributed by atoms with van der Waals surface area (Å²) in [5, 5.41) is 2.98. The molecule has 0 spiro atoms. The summed E-state index contributed by atoms with van der Waals surface area (Å²) in [5.41, 5.74) is 3.49. The van der Waals surface area contributed by atoms with Crippen LogP contribution in [0, 0.1) is 6.92 Å². The van der Waals surface area contributed by atoms with Crippen LogP contribution in [0.2, 0.25) is 0 Å². The fourth-order valence-corrected chi connectivity index (χ4v) is 3.52. The van der Waals surface area contributed by atoms with Crippen molar-refractivity contribution in [2.45, 2.75) is 17.6 Å². The fourth-order valence-electron chi connectivity index (χ4n) is 2.62. The molecule has 1 N–H and O–H groups in total. The number of para-hydroxylation sites is 1. The van der Waals surface area contributed by atoms with Gasteiger partial charge in [0.05, 0.1) is 7.11 Å². The van der Waals surface area contributed by atoms with Crippen molar-refractivity contribution < 1.29 is 9.53 Å². The molecule has 0 atom stereocenters. The van der Waals surface area contributed by atoms with Crippen molar-refractivity contribution in [3.05, 3.63) is 89.5 Å². The second-order valence-electron chi connectivity index (χ2n) is 5.90. The molecule has 3 rings (SSSR count). The van der Waals surface area contributed by atoms with Crippen LogP contribution >= 0.6 is 11.8 Å². The van der Waals surface area contributed by atoms with E-state index in [9.17, 15) is 4.79 Å². The first-order valence-electron chi connectivity index (χ1n) is 8.39.